The average Bonchev–Trinajstić information content (AvgIpc) is 3.26. The lowest BCUT2D eigenvalue weighted by Crippen LogP contribution is -2.44. The lowest BCUT2D eigenvalue weighted by Gasteiger charge is -2.31. The second-order valence-electron chi connectivity index (χ2n) is 10.5. The molecule has 42 heavy (non-hydrogen) atoms. The summed E-state index contributed by atoms with van der Waals surface area (Å²) in [6.45, 7) is 7.98. The van der Waals surface area contributed by atoms with E-state index in [4.69, 9.17) is 9.47 Å². The van der Waals surface area contributed by atoms with E-state index in [9.17, 15) is 31.1 Å². The number of alkyl halides is 6. The molecule has 1 aromatic heterocycles. The predicted octanol–water partition coefficient (Wildman–Crippen LogP) is 9.03. The Morgan fingerprint density at radius 1 is 0.952 bits per heavy atom. The number of carbonyl (C=O) groups excluding carboxylic acids is 1. The summed E-state index contributed by atoms with van der Waals surface area (Å²) < 4.78 is 98.3. The van der Waals surface area contributed by atoms with E-state index in [1.807, 2.05) is 6.92 Å². The minimum Gasteiger partial charge on any atom is -0.492 e. The summed E-state index contributed by atoms with van der Waals surface area (Å²) in [4.78, 5) is 11.7. The molecule has 0 bridgehead atoms. The first-order chi connectivity index (χ1) is 19.6. The zero-order chi connectivity index (χ0) is 31.3. The summed E-state index contributed by atoms with van der Waals surface area (Å²) in [5.41, 5.74) is -0.572. The van der Waals surface area contributed by atoms with Crippen LogP contribution in [0.15, 0.2) is 54.6 Å². The van der Waals surface area contributed by atoms with Gasteiger partial charge in [0, 0.05) is 29.1 Å². The van der Waals surface area contributed by atoms with Gasteiger partial charge in [0.15, 0.2) is 0 Å². The van der Waals surface area contributed by atoms with Gasteiger partial charge in [-0.05, 0) is 69.5 Å². The number of halogens is 6. The molecule has 0 spiro atoms. The van der Waals surface area contributed by atoms with Crippen LogP contribution in [0, 0.1) is 5.41 Å². The van der Waals surface area contributed by atoms with E-state index in [0.29, 0.717) is 29.6 Å². The van der Waals surface area contributed by atoms with Crippen LogP contribution in [0.5, 0.6) is 11.5 Å². The summed E-state index contributed by atoms with van der Waals surface area (Å²) in [7, 11) is 0. The number of rotatable bonds is 13. The minimum atomic E-state index is -4.90. The van der Waals surface area contributed by atoms with Crippen molar-refractivity contribution >= 4 is 16.9 Å². The fourth-order valence-electron chi connectivity index (χ4n) is 4.41. The molecule has 11 heteroatoms. The first-order valence-corrected chi connectivity index (χ1v) is 13.6. The molecule has 1 unspecified atom stereocenters. The van der Waals surface area contributed by atoms with Gasteiger partial charge in [0.2, 0.25) is 0 Å². The van der Waals surface area contributed by atoms with Gasteiger partial charge in [-0.1, -0.05) is 32.4 Å². The van der Waals surface area contributed by atoms with Gasteiger partial charge in [-0.2, -0.15) is 13.2 Å². The van der Waals surface area contributed by atoms with Crippen molar-refractivity contribution in [1.29, 1.82) is 0 Å². The highest BCUT2D eigenvalue weighted by atomic mass is 19.4. The van der Waals surface area contributed by atoms with Crippen LogP contribution in [0.3, 0.4) is 0 Å². The van der Waals surface area contributed by atoms with Gasteiger partial charge in [-0.15, -0.1) is 13.2 Å². The van der Waals surface area contributed by atoms with E-state index in [1.165, 1.54) is 25.1 Å². The molecule has 0 aliphatic heterocycles. The number of benzene rings is 2. The standard InChI is InChI=1S/C31H35F6NO4/c1-6-8-9-10-21-11-14-24(27(15-21)42-31(35,36)37)26-16-22-12-13-23(17-25(22)38(26)7-2)40-18-29(5,30(32,33)34)19-41-28(39)20(3)4/h11-17H,3,6-10,18-19H2,1-2,4-5H3. The van der Waals surface area contributed by atoms with Gasteiger partial charge in [-0.3, -0.25) is 0 Å². The maximum absolute atomic E-state index is 13.9. The second-order valence-corrected chi connectivity index (χ2v) is 10.5. The fraction of sp³-hybridized carbons (Fsp3) is 0.452. The smallest absolute Gasteiger partial charge is 0.492 e. The van der Waals surface area contributed by atoms with E-state index in [1.54, 1.807) is 35.8 Å². The molecule has 2 aromatic carbocycles. The van der Waals surface area contributed by atoms with Crippen molar-refractivity contribution in [2.24, 2.45) is 5.41 Å². The Balaban J connectivity index is 1.96. The van der Waals surface area contributed by atoms with E-state index in [2.05, 4.69) is 11.3 Å². The molecule has 1 atom stereocenters. The number of fused-ring (bicyclic) bond motifs is 1. The molecule has 0 radical (unpaired) electrons. The molecule has 5 nitrogen and oxygen atoms in total. The van der Waals surface area contributed by atoms with Crippen LogP contribution < -0.4 is 9.47 Å². The number of unbranched alkanes of at least 4 members (excludes halogenated alkanes) is 2. The SMILES string of the molecule is C=C(C)C(=O)OCC(C)(COc1ccc2cc(-c3ccc(CCCCC)cc3OC(F)(F)F)n(CC)c2c1)C(F)(F)F. The van der Waals surface area contributed by atoms with Gasteiger partial charge < -0.3 is 18.8 Å². The van der Waals surface area contributed by atoms with Crippen LogP contribution in [0.25, 0.3) is 22.2 Å². The molecule has 3 aromatic rings. The van der Waals surface area contributed by atoms with Crippen molar-refractivity contribution in [2.45, 2.75) is 72.5 Å². The number of aromatic nitrogens is 1. The minimum absolute atomic E-state index is 0.0306. The maximum atomic E-state index is 13.9. The summed E-state index contributed by atoms with van der Waals surface area (Å²) >= 11 is 0. The van der Waals surface area contributed by atoms with E-state index in [0.717, 1.165) is 31.7 Å². The molecule has 0 aliphatic rings. The highest BCUT2D eigenvalue weighted by molar-refractivity contribution is 5.89. The number of aryl methyl sites for hydroxylation is 2. The molecular formula is C31H35F6NO4. The van der Waals surface area contributed by atoms with Crippen molar-refractivity contribution in [2.75, 3.05) is 13.2 Å². The van der Waals surface area contributed by atoms with Crippen molar-refractivity contribution in [3.8, 4) is 22.8 Å². The van der Waals surface area contributed by atoms with Crippen LogP contribution in [0.4, 0.5) is 26.3 Å². The first-order valence-electron chi connectivity index (χ1n) is 13.6. The van der Waals surface area contributed by atoms with E-state index >= 15 is 0 Å². The Morgan fingerprint density at radius 2 is 1.67 bits per heavy atom. The largest absolute Gasteiger partial charge is 0.573 e. The Labute approximate surface area is 241 Å². The number of carbonyl (C=O) groups is 1. The van der Waals surface area contributed by atoms with Gasteiger partial charge in [0.1, 0.15) is 30.1 Å². The molecule has 0 fully saturated rings. The monoisotopic (exact) mass is 599 g/mol. The molecule has 0 aliphatic carbocycles. The van der Waals surface area contributed by atoms with E-state index < -0.39 is 37.1 Å². The molecule has 0 saturated carbocycles. The molecular weight excluding hydrogens is 564 g/mol. The summed E-state index contributed by atoms with van der Waals surface area (Å²) in [5.74, 6) is -1.15. The van der Waals surface area contributed by atoms with Crippen molar-refractivity contribution < 1.29 is 45.3 Å². The van der Waals surface area contributed by atoms with Gasteiger partial charge in [0.05, 0.1) is 11.2 Å². The van der Waals surface area contributed by atoms with E-state index in [-0.39, 0.29) is 22.6 Å². The lowest BCUT2D eigenvalue weighted by molar-refractivity contribution is -0.274. The van der Waals surface area contributed by atoms with Crippen molar-refractivity contribution in [1.82, 2.24) is 4.57 Å². The quantitative estimate of drug-likeness (QED) is 0.0852. The zero-order valence-corrected chi connectivity index (χ0v) is 24.0. The van der Waals surface area contributed by atoms with Gasteiger partial charge >= 0.3 is 18.5 Å². The van der Waals surface area contributed by atoms with Crippen LogP contribution in [-0.2, 0) is 22.5 Å². The topological polar surface area (TPSA) is 49.7 Å². The number of ether oxygens (including phenoxy) is 3. The lowest BCUT2D eigenvalue weighted by atomic mass is 9.92. The number of hydrogen-bond acceptors (Lipinski definition) is 4. The van der Waals surface area contributed by atoms with Crippen LogP contribution in [-0.4, -0.2) is 36.3 Å². The maximum Gasteiger partial charge on any atom is 0.573 e. The first kappa shape index (κ1) is 32.9. The molecule has 0 amide bonds. The number of hydrogen-bond donors (Lipinski definition) is 0. The molecule has 230 valence electrons. The molecule has 1 heterocycles. The van der Waals surface area contributed by atoms with Gasteiger partial charge in [-0.25, -0.2) is 4.79 Å². The highest BCUT2D eigenvalue weighted by Gasteiger charge is 2.53. The average molecular weight is 600 g/mol. The van der Waals surface area contributed by atoms with Crippen molar-refractivity contribution in [3.63, 3.8) is 0 Å². The van der Waals surface area contributed by atoms with Gasteiger partial charge in [0.25, 0.3) is 0 Å². The highest BCUT2D eigenvalue weighted by Crippen LogP contribution is 2.41. The molecule has 0 saturated heterocycles. The summed E-state index contributed by atoms with van der Waals surface area (Å²) in [6, 6.07) is 11.1. The predicted molar refractivity (Wildman–Crippen MR) is 148 cm³/mol. The number of esters is 1. The normalized spacial score (nSPS) is 13.6. The van der Waals surface area contributed by atoms with Crippen molar-refractivity contribution in [3.05, 3.63) is 60.2 Å². The summed E-state index contributed by atoms with van der Waals surface area (Å²) in [5, 5.41) is 0.651. The molecule has 3 rings (SSSR count). The third-order valence-corrected chi connectivity index (χ3v) is 6.92. The second kappa shape index (κ2) is 13.1. The zero-order valence-electron chi connectivity index (χ0n) is 24.0. The Bertz CT molecular complexity index is 1410. The third kappa shape index (κ3) is 8.01. The third-order valence-electron chi connectivity index (χ3n) is 6.92. The Hall–Kier alpha value is -3.63. The van der Waals surface area contributed by atoms with Crippen LogP contribution in [0.2, 0.25) is 0 Å². The van der Waals surface area contributed by atoms with Crippen LogP contribution in [0.1, 0.15) is 52.5 Å². The summed E-state index contributed by atoms with van der Waals surface area (Å²) in [6.07, 6.45) is -6.27. The number of nitrogens with zero attached hydrogens (tertiary/aromatic N) is 1. The molecule has 0 N–H and O–H groups in total. The fourth-order valence-corrected chi connectivity index (χ4v) is 4.41. The Morgan fingerprint density at radius 3 is 2.26 bits per heavy atom. The Kier molecular flexibility index (Phi) is 10.3. The van der Waals surface area contributed by atoms with Crippen LogP contribution >= 0.6 is 0 Å².